The summed E-state index contributed by atoms with van der Waals surface area (Å²) in [4.78, 5) is 26.9. The summed E-state index contributed by atoms with van der Waals surface area (Å²) in [5.41, 5.74) is 4.69. The highest BCUT2D eigenvalue weighted by Crippen LogP contribution is 2.27. The van der Waals surface area contributed by atoms with E-state index in [1.54, 1.807) is 4.90 Å². The minimum absolute atomic E-state index is 0.0805. The molecule has 33 heavy (non-hydrogen) atoms. The molecule has 176 valence electrons. The highest BCUT2D eigenvalue weighted by atomic mass is 16.6. The zero-order chi connectivity index (χ0) is 23.4. The minimum atomic E-state index is -0.522. The van der Waals surface area contributed by atoms with Gasteiger partial charge >= 0.3 is 6.09 Å². The second-order valence-corrected chi connectivity index (χ2v) is 10.2. The molecule has 0 spiro atoms. The van der Waals surface area contributed by atoms with Gasteiger partial charge in [-0.2, -0.15) is 0 Å². The van der Waals surface area contributed by atoms with Gasteiger partial charge in [0, 0.05) is 18.7 Å². The average molecular weight is 450 g/mol. The molecule has 1 saturated heterocycles. The van der Waals surface area contributed by atoms with Gasteiger partial charge in [0.15, 0.2) is 0 Å². The third-order valence-corrected chi connectivity index (χ3v) is 6.37. The third-order valence-electron chi connectivity index (χ3n) is 6.37. The van der Waals surface area contributed by atoms with Crippen molar-refractivity contribution in [3.63, 3.8) is 0 Å². The monoisotopic (exact) mass is 449 g/mol. The lowest BCUT2D eigenvalue weighted by Gasteiger charge is -2.24. The molecule has 2 N–H and O–H groups in total. The topological polar surface area (TPSA) is 70.7 Å². The Labute approximate surface area is 196 Å². The van der Waals surface area contributed by atoms with E-state index < -0.39 is 5.60 Å². The van der Waals surface area contributed by atoms with Crippen LogP contribution in [0.15, 0.2) is 42.5 Å². The van der Waals surface area contributed by atoms with Crippen LogP contribution in [0.4, 0.5) is 4.79 Å². The zero-order valence-electron chi connectivity index (χ0n) is 19.9. The summed E-state index contributed by atoms with van der Waals surface area (Å²) in [6, 6.07) is 14.0. The largest absolute Gasteiger partial charge is 0.444 e. The van der Waals surface area contributed by atoms with Gasteiger partial charge in [-0.15, -0.1) is 0 Å². The van der Waals surface area contributed by atoms with E-state index in [-0.39, 0.29) is 12.0 Å². The van der Waals surface area contributed by atoms with Crippen LogP contribution in [0.3, 0.4) is 0 Å². The average Bonchev–Trinajstić information content (AvgIpc) is 3.23. The Hall–Kier alpha value is -2.86. The smallest absolute Gasteiger partial charge is 0.410 e. The summed E-state index contributed by atoms with van der Waals surface area (Å²) in [5.74, 6) is 0.648. The Bertz CT molecular complexity index is 989. The summed E-state index contributed by atoms with van der Waals surface area (Å²) in [7, 11) is 0. The van der Waals surface area contributed by atoms with Gasteiger partial charge in [-0.3, -0.25) is 9.69 Å². The molecule has 4 rings (SSSR count). The molecule has 0 aromatic heterocycles. The van der Waals surface area contributed by atoms with Crippen LogP contribution in [-0.4, -0.2) is 35.6 Å². The maximum Gasteiger partial charge on any atom is 0.410 e. The van der Waals surface area contributed by atoms with Gasteiger partial charge in [-0.25, -0.2) is 4.79 Å². The summed E-state index contributed by atoms with van der Waals surface area (Å²) < 4.78 is 5.52. The number of ether oxygens (including phenoxy) is 1. The van der Waals surface area contributed by atoms with Gasteiger partial charge in [0.1, 0.15) is 5.60 Å². The Balaban J connectivity index is 1.33. The van der Waals surface area contributed by atoms with E-state index in [9.17, 15) is 9.59 Å². The van der Waals surface area contributed by atoms with Crippen LogP contribution in [0.1, 0.15) is 66.2 Å². The van der Waals surface area contributed by atoms with Gasteiger partial charge in [-0.1, -0.05) is 30.3 Å². The number of benzene rings is 2. The molecule has 6 heteroatoms. The van der Waals surface area contributed by atoms with Crippen molar-refractivity contribution in [2.75, 3.05) is 13.1 Å². The maximum atomic E-state index is 12.7. The van der Waals surface area contributed by atoms with Crippen LogP contribution in [-0.2, 0) is 30.8 Å². The third kappa shape index (κ3) is 6.14. The lowest BCUT2D eigenvalue weighted by Crippen LogP contribution is -2.33. The number of carbonyl (C=O) groups is 2. The van der Waals surface area contributed by atoms with Crippen LogP contribution in [0.25, 0.3) is 0 Å². The van der Waals surface area contributed by atoms with Crippen LogP contribution in [0.2, 0.25) is 0 Å². The fourth-order valence-electron chi connectivity index (χ4n) is 4.60. The normalized spacial score (nSPS) is 16.4. The molecule has 0 radical (unpaired) electrons. The predicted molar refractivity (Wildman–Crippen MR) is 129 cm³/mol. The molecule has 2 aliphatic heterocycles. The molecule has 2 amide bonds. The molecule has 2 aliphatic rings. The van der Waals surface area contributed by atoms with Crippen LogP contribution < -0.4 is 10.6 Å². The fraction of sp³-hybridized carbons (Fsp3) is 0.481. The minimum Gasteiger partial charge on any atom is -0.444 e. The number of fused-ring (bicyclic) bond motifs is 1. The molecule has 1 fully saturated rings. The number of carbonyl (C=O) groups excluding carboxylic acids is 2. The standard InChI is InChI=1S/C27H35N3O3/c1-27(2,3)33-26(32)30-17-23-6-4-5-22(24(23)18-30)16-29-25(31)21-9-7-19(8-10-21)15-20-11-13-28-14-12-20/h4-10,20,28H,11-18H2,1-3H3,(H,29,31). The number of nitrogens with one attached hydrogen (secondary N) is 2. The van der Waals surface area contributed by atoms with Gasteiger partial charge in [-0.05, 0) is 93.4 Å². The highest BCUT2D eigenvalue weighted by Gasteiger charge is 2.29. The Morgan fingerprint density at radius 3 is 2.48 bits per heavy atom. The number of piperidine rings is 1. The van der Waals surface area contributed by atoms with E-state index in [2.05, 4.69) is 22.8 Å². The quantitative estimate of drug-likeness (QED) is 0.709. The molecule has 0 saturated carbocycles. The van der Waals surface area contributed by atoms with E-state index in [4.69, 9.17) is 4.74 Å². The van der Waals surface area contributed by atoms with Crippen molar-refractivity contribution in [1.82, 2.24) is 15.5 Å². The van der Waals surface area contributed by atoms with Crippen molar-refractivity contribution in [2.45, 2.75) is 65.3 Å². The molecule has 0 bridgehead atoms. The Morgan fingerprint density at radius 1 is 1.06 bits per heavy atom. The number of amides is 2. The first-order chi connectivity index (χ1) is 15.8. The van der Waals surface area contributed by atoms with Gasteiger partial charge in [0.05, 0.1) is 6.54 Å². The van der Waals surface area contributed by atoms with Crippen molar-refractivity contribution in [1.29, 1.82) is 0 Å². The molecule has 0 unspecified atom stereocenters. The molecule has 2 heterocycles. The van der Waals surface area contributed by atoms with Gasteiger partial charge in [0.25, 0.3) is 5.91 Å². The predicted octanol–water partition coefficient (Wildman–Crippen LogP) is 4.41. The zero-order valence-corrected chi connectivity index (χ0v) is 19.9. The summed E-state index contributed by atoms with van der Waals surface area (Å²) >= 11 is 0. The Morgan fingerprint density at radius 2 is 1.79 bits per heavy atom. The van der Waals surface area contributed by atoms with E-state index in [0.29, 0.717) is 25.2 Å². The molecular formula is C27H35N3O3. The highest BCUT2D eigenvalue weighted by molar-refractivity contribution is 5.94. The SMILES string of the molecule is CC(C)(C)OC(=O)N1Cc2cccc(CNC(=O)c3ccc(CC4CCNCC4)cc3)c2C1. The van der Waals surface area contributed by atoms with Gasteiger partial charge < -0.3 is 15.4 Å². The summed E-state index contributed by atoms with van der Waals surface area (Å²) in [5, 5.41) is 6.45. The van der Waals surface area contributed by atoms with E-state index in [1.165, 1.54) is 18.4 Å². The summed E-state index contributed by atoms with van der Waals surface area (Å²) in [6.07, 6.45) is 3.20. The number of nitrogens with zero attached hydrogens (tertiary/aromatic N) is 1. The molecule has 6 nitrogen and oxygen atoms in total. The van der Waals surface area contributed by atoms with Crippen molar-refractivity contribution < 1.29 is 14.3 Å². The first-order valence-corrected chi connectivity index (χ1v) is 11.9. The second kappa shape index (κ2) is 9.96. The molecule has 0 atom stereocenters. The van der Waals surface area contributed by atoms with E-state index in [1.807, 2.05) is 51.1 Å². The lowest BCUT2D eigenvalue weighted by molar-refractivity contribution is 0.0241. The van der Waals surface area contributed by atoms with Crippen LogP contribution in [0, 0.1) is 5.92 Å². The second-order valence-electron chi connectivity index (χ2n) is 10.2. The summed E-state index contributed by atoms with van der Waals surface area (Å²) in [6.45, 7) is 9.28. The van der Waals surface area contributed by atoms with Crippen LogP contribution >= 0.6 is 0 Å². The van der Waals surface area contributed by atoms with E-state index in [0.717, 1.165) is 42.1 Å². The molecular weight excluding hydrogens is 414 g/mol. The fourth-order valence-corrected chi connectivity index (χ4v) is 4.60. The lowest BCUT2D eigenvalue weighted by atomic mass is 9.91. The molecule has 2 aromatic carbocycles. The van der Waals surface area contributed by atoms with Crippen molar-refractivity contribution >= 4 is 12.0 Å². The van der Waals surface area contributed by atoms with Crippen molar-refractivity contribution in [3.8, 4) is 0 Å². The Kier molecular flexibility index (Phi) is 7.03. The van der Waals surface area contributed by atoms with Gasteiger partial charge in [0.2, 0.25) is 0 Å². The molecule has 2 aromatic rings. The first kappa shape index (κ1) is 23.3. The number of rotatable bonds is 5. The van der Waals surface area contributed by atoms with Crippen molar-refractivity contribution in [3.05, 3.63) is 70.3 Å². The number of hydrogen-bond acceptors (Lipinski definition) is 4. The first-order valence-electron chi connectivity index (χ1n) is 11.9. The maximum absolute atomic E-state index is 12.7. The molecule has 0 aliphatic carbocycles. The number of hydrogen-bond donors (Lipinski definition) is 2. The van der Waals surface area contributed by atoms with E-state index >= 15 is 0 Å². The van der Waals surface area contributed by atoms with Crippen LogP contribution in [0.5, 0.6) is 0 Å². The van der Waals surface area contributed by atoms with Crippen molar-refractivity contribution in [2.24, 2.45) is 5.92 Å².